The summed E-state index contributed by atoms with van der Waals surface area (Å²) in [6.07, 6.45) is 0.0661. The molecule has 4 aromatic rings. The zero-order valence-electron chi connectivity index (χ0n) is 14.1. The number of hydrogen-bond donors (Lipinski definition) is 2. The highest BCUT2D eigenvalue weighted by Gasteiger charge is 2.14. The Kier molecular flexibility index (Phi) is 4.70. The lowest BCUT2D eigenvalue weighted by atomic mass is 10.0. The summed E-state index contributed by atoms with van der Waals surface area (Å²) >= 11 is 2.71. The standard InChI is InChI=1S/C20H15N3O2S2/c21-18(24)10-13-11-26-20(22-13)23-19(25)17-9-8-16(27-17)15-7-3-5-12-4-1-2-6-14(12)15/h1-9,11H,10H2,(H2,21,24)(H,22,23,25). The number of carbonyl (C=O) groups is 2. The fraction of sp³-hybridized carbons (Fsp3) is 0.0500. The molecule has 2 aromatic carbocycles. The van der Waals surface area contributed by atoms with Gasteiger partial charge in [-0.2, -0.15) is 0 Å². The van der Waals surface area contributed by atoms with Gasteiger partial charge in [0.25, 0.3) is 5.91 Å². The first-order valence-electron chi connectivity index (χ1n) is 8.22. The number of thiazole rings is 1. The highest BCUT2D eigenvalue weighted by Crippen LogP contribution is 2.34. The summed E-state index contributed by atoms with van der Waals surface area (Å²) in [5.41, 5.74) is 6.83. The van der Waals surface area contributed by atoms with Crippen LogP contribution in [0.25, 0.3) is 21.2 Å². The molecule has 0 saturated heterocycles. The molecule has 4 rings (SSSR count). The number of benzene rings is 2. The average Bonchev–Trinajstić information content (AvgIpc) is 3.30. The van der Waals surface area contributed by atoms with Crippen LogP contribution in [0.5, 0.6) is 0 Å². The lowest BCUT2D eigenvalue weighted by Gasteiger charge is -2.04. The molecule has 0 aliphatic carbocycles. The van der Waals surface area contributed by atoms with Gasteiger partial charge in [0.15, 0.2) is 5.13 Å². The van der Waals surface area contributed by atoms with E-state index in [9.17, 15) is 9.59 Å². The SMILES string of the molecule is NC(=O)Cc1csc(NC(=O)c2ccc(-c3cccc4ccccc34)s2)n1. The minimum absolute atomic E-state index is 0.0661. The predicted molar refractivity (Wildman–Crippen MR) is 110 cm³/mol. The number of primary amides is 1. The molecule has 2 aromatic heterocycles. The van der Waals surface area contributed by atoms with E-state index in [0.717, 1.165) is 15.8 Å². The van der Waals surface area contributed by atoms with E-state index in [1.54, 1.807) is 5.38 Å². The van der Waals surface area contributed by atoms with Crippen LogP contribution in [0.15, 0.2) is 60.0 Å². The predicted octanol–water partition coefficient (Wildman–Crippen LogP) is 4.30. The largest absolute Gasteiger partial charge is 0.369 e. The van der Waals surface area contributed by atoms with E-state index in [1.807, 2.05) is 30.3 Å². The van der Waals surface area contributed by atoms with Gasteiger partial charge in [0.2, 0.25) is 5.91 Å². The third-order valence-electron chi connectivity index (χ3n) is 4.01. The van der Waals surface area contributed by atoms with Crippen molar-refractivity contribution in [2.24, 2.45) is 5.73 Å². The van der Waals surface area contributed by atoms with Crippen LogP contribution >= 0.6 is 22.7 Å². The first kappa shape index (κ1) is 17.4. The van der Waals surface area contributed by atoms with Gasteiger partial charge in [-0.25, -0.2) is 4.98 Å². The summed E-state index contributed by atoms with van der Waals surface area (Å²) in [7, 11) is 0. The van der Waals surface area contributed by atoms with Crippen LogP contribution in [-0.2, 0) is 11.2 Å². The van der Waals surface area contributed by atoms with Crippen LogP contribution in [0, 0.1) is 0 Å². The number of hydrogen-bond acceptors (Lipinski definition) is 5. The van der Waals surface area contributed by atoms with E-state index in [4.69, 9.17) is 5.73 Å². The van der Waals surface area contributed by atoms with E-state index < -0.39 is 5.91 Å². The van der Waals surface area contributed by atoms with Crippen LogP contribution in [-0.4, -0.2) is 16.8 Å². The van der Waals surface area contributed by atoms with Crippen LogP contribution in [0.1, 0.15) is 15.4 Å². The molecule has 2 amide bonds. The number of fused-ring (bicyclic) bond motifs is 1. The Labute approximate surface area is 163 Å². The molecular formula is C20H15N3O2S2. The van der Waals surface area contributed by atoms with Crippen molar-refractivity contribution in [3.05, 3.63) is 70.5 Å². The number of aromatic nitrogens is 1. The van der Waals surface area contributed by atoms with E-state index >= 15 is 0 Å². The Balaban J connectivity index is 1.56. The highest BCUT2D eigenvalue weighted by molar-refractivity contribution is 7.18. The molecule has 27 heavy (non-hydrogen) atoms. The summed E-state index contributed by atoms with van der Waals surface area (Å²) in [5.74, 6) is -0.664. The number of amides is 2. The molecule has 0 spiro atoms. The molecule has 0 radical (unpaired) electrons. The molecule has 0 unspecified atom stereocenters. The van der Waals surface area contributed by atoms with Crippen LogP contribution in [0.2, 0.25) is 0 Å². The zero-order valence-corrected chi connectivity index (χ0v) is 15.8. The fourth-order valence-corrected chi connectivity index (χ4v) is 4.47. The molecule has 0 aliphatic rings. The molecule has 2 heterocycles. The van der Waals surface area contributed by atoms with Crippen molar-refractivity contribution in [2.45, 2.75) is 6.42 Å². The summed E-state index contributed by atoms with van der Waals surface area (Å²) in [6.45, 7) is 0. The first-order chi connectivity index (χ1) is 13.1. The molecule has 7 heteroatoms. The molecule has 0 saturated carbocycles. The number of carbonyl (C=O) groups excluding carboxylic acids is 2. The molecule has 0 aliphatic heterocycles. The second-order valence-electron chi connectivity index (χ2n) is 5.93. The maximum atomic E-state index is 12.5. The van der Waals surface area contributed by atoms with Crippen molar-refractivity contribution in [2.75, 3.05) is 5.32 Å². The van der Waals surface area contributed by atoms with Crippen molar-refractivity contribution >= 4 is 50.4 Å². The Bertz CT molecular complexity index is 1140. The molecule has 0 atom stereocenters. The van der Waals surface area contributed by atoms with Gasteiger partial charge in [-0.3, -0.25) is 14.9 Å². The van der Waals surface area contributed by atoms with E-state index in [0.29, 0.717) is 15.7 Å². The molecule has 134 valence electrons. The monoisotopic (exact) mass is 393 g/mol. The number of rotatable bonds is 5. The fourth-order valence-electron chi connectivity index (χ4n) is 2.83. The van der Waals surface area contributed by atoms with E-state index in [1.165, 1.54) is 28.1 Å². The van der Waals surface area contributed by atoms with Gasteiger partial charge in [0.1, 0.15) is 0 Å². The van der Waals surface area contributed by atoms with Gasteiger partial charge in [-0.1, -0.05) is 42.5 Å². The second-order valence-corrected chi connectivity index (χ2v) is 7.87. The van der Waals surface area contributed by atoms with Gasteiger partial charge in [-0.05, 0) is 28.5 Å². The molecule has 0 fully saturated rings. The van der Waals surface area contributed by atoms with E-state index in [-0.39, 0.29) is 12.3 Å². The minimum Gasteiger partial charge on any atom is -0.369 e. The maximum Gasteiger partial charge on any atom is 0.267 e. The Morgan fingerprint density at radius 2 is 1.85 bits per heavy atom. The number of nitrogens with zero attached hydrogens (tertiary/aromatic N) is 1. The summed E-state index contributed by atoms with van der Waals surface area (Å²) < 4.78 is 0. The first-order valence-corrected chi connectivity index (χ1v) is 9.92. The third-order valence-corrected chi connectivity index (χ3v) is 5.94. The van der Waals surface area contributed by atoms with Crippen molar-refractivity contribution in [1.29, 1.82) is 0 Å². The molecule has 5 nitrogen and oxygen atoms in total. The lowest BCUT2D eigenvalue weighted by molar-refractivity contribution is -0.117. The van der Waals surface area contributed by atoms with Crippen LogP contribution < -0.4 is 11.1 Å². The van der Waals surface area contributed by atoms with Crippen molar-refractivity contribution in [3.63, 3.8) is 0 Å². The Hall–Kier alpha value is -3.03. The average molecular weight is 393 g/mol. The number of anilines is 1. The van der Waals surface area contributed by atoms with E-state index in [2.05, 4.69) is 34.6 Å². The van der Waals surface area contributed by atoms with Gasteiger partial charge in [-0.15, -0.1) is 22.7 Å². The third kappa shape index (κ3) is 3.74. The van der Waals surface area contributed by atoms with Crippen molar-refractivity contribution in [3.8, 4) is 10.4 Å². The molecule has 3 N–H and O–H groups in total. The number of nitrogens with one attached hydrogen (secondary N) is 1. The maximum absolute atomic E-state index is 12.5. The number of thiophene rings is 1. The Morgan fingerprint density at radius 3 is 2.70 bits per heavy atom. The zero-order chi connectivity index (χ0) is 18.8. The quantitative estimate of drug-likeness (QED) is 0.530. The number of nitrogens with two attached hydrogens (primary N) is 1. The normalized spacial score (nSPS) is 10.8. The summed E-state index contributed by atoms with van der Waals surface area (Å²) in [4.78, 5) is 29.3. The lowest BCUT2D eigenvalue weighted by Crippen LogP contribution is -2.14. The van der Waals surface area contributed by atoms with Gasteiger partial charge >= 0.3 is 0 Å². The molecular weight excluding hydrogens is 378 g/mol. The van der Waals surface area contributed by atoms with Crippen LogP contribution in [0.3, 0.4) is 0 Å². The van der Waals surface area contributed by atoms with Gasteiger partial charge in [0.05, 0.1) is 17.0 Å². The summed E-state index contributed by atoms with van der Waals surface area (Å²) in [6, 6.07) is 18.1. The Morgan fingerprint density at radius 1 is 1.04 bits per heavy atom. The summed E-state index contributed by atoms with van der Waals surface area (Å²) in [5, 5.41) is 7.28. The smallest absolute Gasteiger partial charge is 0.267 e. The topological polar surface area (TPSA) is 85.1 Å². The van der Waals surface area contributed by atoms with Crippen molar-refractivity contribution in [1.82, 2.24) is 4.98 Å². The van der Waals surface area contributed by atoms with Crippen LogP contribution in [0.4, 0.5) is 5.13 Å². The highest BCUT2D eigenvalue weighted by atomic mass is 32.1. The molecule has 0 bridgehead atoms. The van der Waals surface area contributed by atoms with Crippen molar-refractivity contribution < 1.29 is 9.59 Å². The second kappa shape index (κ2) is 7.30. The van der Waals surface area contributed by atoms with Gasteiger partial charge in [0, 0.05) is 10.3 Å². The van der Waals surface area contributed by atoms with Gasteiger partial charge < -0.3 is 5.73 Å². The minimum atomic E-state index is -0.448.